The minimum absolute atomic E-state index is 0.320. The van der Waals surface area contributed by atoms with Gasteiger partial charge in [0.15, 0.2) is 0 Å². The third-order valence-electron chi connectivity index (χ3n) is 4.70. The van der Waals surface area contributed by atoms with Crippen LogP contribution in [0.3, 0.4) is 0 Å². The minimum Gasteiger partial charge on any atom is -0.422 e. The van der Waals surface area contributed by atoms with Gasteiger partial charge in [0.05, 0.1) is 5.56 Å². The lowest BCUT2D eigenvalue weighted by Gasteiger charge is -2.21. The number of fused-ring (bicyclic) bond motifs is 2. The van der Waals surface area contributed by atoms with E-state index in [4.69, 9.17) is 4.42 Å². The van der Waals surface area contributed by atoms with Gasteiger partial charge in [0.1, 0.15) is 17.1 Å². The van der Waals surface area contributed by atoms with Gasteiger partial charge in [-0.05, 0) is 50.3 Å². The van der Waals surface area contributed by atoms with Crippen LogP contribution in [-0.2, 0) is 4.79 Å². The number of hydrogen-bond acceptors (Lipinski definition) is 5. The highest BCUT2D eigenvalue weighted by atomic mass is 16.4. The topological polar surface area (TPSA) is 66.1 Å². The highest BCUT2D eigenvalue weighted by Gasteiger charge is 2.27. The van der Waals surface area contributed by atoms with Crippen LogP contribution in [0.4, 0.5) is 5.69 Å². The molecule has 27 heavy (non-hydrogen) atoms. The van der Waals surface area contributed by atoms with Gasteiger partial charge in [-0.2, -0.15) is 4.99 Å². The molecule has 0 fully saturated rings. The number of hydrogen-bond donors (Lipinski definition) is 0. The Kier molecular flexibility index (Phi) is 4.24. The van der Waals surface area contributed by atoms with Gasteiger partial charge >= 0.3 is 5.63 Å². The minimum atomic E-state index is -0.482. The Morgan fingerprint density at radius 1 is 1.15 bits per heavy atom. The van der Waals surface area contributed by atoms with E-state index in [1.54, 1.807) is 23.2 Å². The first kappa shape index (κ1) is 17.0. The number of anilines is 1. The lowest BCUT2D eigenvalue weighted by Crippen LogP contribution is -2.21. The van der Waals surface area contributed by atoms with Crippen LogP contribution in [0.2, 0.25) is 0 Å². The molecule has 1 aromatic carbocycles. The Morgan fingerprint density at radius 3 is 2.74 bits per heavy atom. The van der Waals surface area contributed by atoms with E-state index in [0.29, 0.717) is 22.7 Å². The van der Waals surface area contributed by atoms with Gasteiger partial charge in [0.25, 0.3) is 5.91 Å². The molecule has 2 aliphatic heterocycles. The van der Waals surface area contributed by atoms with Crippen LogP contribution >= 0.6 is 0 Å². The molecule has 0 aliphatic carbocycles. The van der Waals surface area contributed by atoms with Crippen molar-refractivity contribution in [3.8, 4) is 0 Å². The van der Waals surface area contributed by atoms with Crippen LogP contribution < -0.4 is 10.5 Å². The van der Waals surface area contributed by atoms with Gasteiger partial charge in [0, 0.05) is 36.4 Å². The molecule has 0 radical (unpaired) electrons. The molecule has 0 saturated heterocycles. The van der Waals surface area contributed by atoms with Crippen molar-refractivity contribution in [1.29, 1.82) is 0 Å². The average molecular weight is 361 g/mol. The molecular weight excluding hydrogens is 342 g/mol. The summed E-state index contributed by atoms with van der Waals surface area (Å²) in [6.45, 7) is 5.91. The summed E-state index contributed by atoms with van der Waals surface area (Å²) < 4.78 is 5.53. The van der Waals surface area contributed by atoms with E-state index in [1.807, 2.05) is 30.4 Å². The standard InChI is InChI=1S/C21H19N3O3/c1-3-23(4-2)16-9-8-14-11-15(21(26)27-18(14)13-16)12-17-20(25)22-19-7-5-6-10-24(17)19/h5-13H,3-4H2,1-2H3/b17-12+. The monoisotopic (exact) mass is 361 g/mol. The normalized spacial score (nSPS) is 17.0. The van der Waals surface area contributed by atoms with Gasteiger partial charge in [-0.3, -0.25) is 9.69 Å². The van der Waals surface area contributed by atoms with Crippen molar-refractivity contribution >= 4 is 34.5 Å². The summed E-state index contributed by atoms with van der Waals surface area (Å²) in [6, 6.07) is 7.55. The van der Waals surface area contributed by atoms with Crippen LogP contribution in [0.1, 0.15) is 19.4 Å². The van der Waals surface area contributed by atoms with Gasteiger partial charge in [-0.1, -0.05) is 6.08 Å². The van der Waals surface area contributed by atoms with Crippen LogP contribution in [0, 0.1) is 0 Å². The number of aliphatic imine (C=N–C) groups is 1. The summed E-state index contributed by atoms with van der Waals surface area (Å²) in [5, 5.41) is 0.804. The van der Waals surface area contributed by atoms with Crippen molar-refractivity contribution in [2.75, 3.05) is 18.0 Å². The molecule has 136 valence electrons. The second-order valence-corrected chi connectivity index (χ2v) is 6.26. The molecular formula is C21H19N3O3. The van der Waals surface area contributed by atoms with E-state index < -0.39 is 5.63 Å². The zero-order valence-electron chi connectivity index (χ0n) is 15.2. The van der Waals surface area contributed by atoms with Crippen molar-refractivity contribution in [2.45, 2.75) is 13.8 Å². The Bertz CT molecular complexity index is 1100. The van der Waals surface area contributed by atoms with Gasteiger partial charge in [0.2, 0.25) is 0 Å². The molecule has 0 atom stereocenters. The van der Waals surface area contributed by atoms with Crippen LogP contribution in [-0.4, -0.2) is 29.7 Å². The molecule has 2 aromatic rings. The summed E-state index contributed by atoms with van der Waals surface area (Å²) in [4.78, 5) is 32.5. The fourth-order valence-corrected chi connectivity index (χ4v) is 3.27. The number of carbonyl (C=O) groups is 1. The first-order chi connectivity index (χ1) is 13.1. The highest BCUT2D eigenvalue weighted by molar-refractivity contribution is 6.17. The van der Waals surface area contributed by atoms with Crippen molar-refractivity contribution in [1.82, 2.24) is 4.90 Å². The summed E-state index contributed by atoms with van der Waals surface area (Å²) in [6.07, 6.45) is 8.64. The Morgan fingerprint density at radius 2 is 1.96 bits per heavy atom. The molecule has 0 spiro atoms. The quantitative estimate of drug-likeness (QED) is 0.617. The summed E-state index contributed by atoms with van der Waals surface area (Å²) in [7, 11) is 0. The molecule has 6 nitrogen and oxygen atoms in total. The predicted molar refractivity (Wildman–Crippen MR) is 107 cm³/mol. The summed E-state index contributed by atoms with van der Waals surface area (Å²) in [5.41, 5.74) is 1.71. The molecule has 0 unspecified atom stereocenters. The van der Waals surface area contributed by atoms with Crippen molar-refractivity contribution in [3.05, 3.63) is 70.4 Å². The van der Waals surface area contributed by atoms with Crippen molar-refractivity contribution < 1.29 is 9.21 Å². The lowest BCUT2D eigenvalue weighted by atomic mass is 10.1. The van der Waals surface area contributed by atoms with Crippen LogP contribution in [0.5, 0.6) is 0 Å². The SMILES string of the molecule is CCN(CC)c1ccc2cc(/C=C3\C(=O)N=C4C=CC=CN43)c(=O)oc2c1. The molecule has 0 bridgehead atoms. The number of nitrogens with zero attached hydrogens (tertiary/aromatic N) is 3. The van der Waals surface area contributed by atoms with E-state index in [2.05, 4.69) is 23.7 Å². The zero-order valence-corrected chi connectivity index (χ0v) is 15.2. The molecule has 1 aromatic heterocycles. The fourth-order valence-electron chi connectivity index (χ4n) is 3.27. The maximum Gasteiger partial charge on any atom is 0.343 e. The van der Waals surface area contributed by atoms with Gasteiger partial charge in [-0.15, -0.1) is 0 Å². The summed E-state index contributed by atoms with van der Waals surface area (Å²) in [5.74, 6) is 0.167. The maximum absolute atomic E-state index is 12.5. The van der Waals surface area contributed by atoms with E-state index in [9.17, 15) is 9.59 Å². The molecule has 0 N–H and O–H groups in total. The third kappa shape index (κ3) is 2.99. The van der Waals surface area contributed by atoms with Crippen molar-refractivity contribution in [2.24, 2.45) is 4.99 Å². The Labute approximate surface area is 156 Å². The van der Waals surface area contributed by atoms with E-state index in [0.717, 1.165) is 24.2 Å². The molecule has 1 amide bonds. The second-order valence-electron chi connectivity index (χ2n) is 6.26. The summed E-state index contributed by atoms with van der Waals surface area (Å²) >= 11 is 0. The average Bonchev–Trinajstić information content (AvgIpc) is 2.99. The maximum atomic E-state index is 12.5. The largest absolute Gasteiger partial charge is 0.422 e. The van der Waals surface area contributed by atoms with E-state index in [-0.39, 0.29) is 5.91 Å². The number of rotatable bonds is 4. The molecule has 6 heteroatoms. The number of allylic oxidation sites excluding steroid dienone is 2. The lowest BCUT2D eigenvalue weighted by molar-refractivity contribution is -0.114. The molecule has 2 aliphatic rings. The van der Waals surface area contributed by atoms with Crippen LogP contribution in [0.15, 0.2) is 68.6 Å². The predicted octanol–water partition coefficient (Wildman–Crippen LogP) is 3.30. The first-order valence-corrected chi connectivity index (χ1v) is 8.92. The van der Waals surface area contributed by atoms with Gasteiger partial charge in [-0.25, -0.2) is 4.79 Å². The number of amides is 1. The number of amidine groups is 1. The first-order valence-electron chi connectivity index (χ1n) is 8.92. The van der Waals surface area contributed by atoms with Crippen molar-refractivity contribution in [3.63, 3.8) is 0 Å². The smallest absolute Gasteiger partial charge is 0.343 e. The Balaban J connectivity index is 1.75. The fraction of sp³-hybridized carbons (Fsp3) is 0.190. The Hall–Kier alpha value is -3.41. The second kappa shape index (κ2) is 6.72. The number of carbonyl (C=O) groups excluding carboxylic acids is 1. The molecule has 4 rings (SSSR count). The third-order valence-corrected chi connectivity index (χ3v) is 4.70. The van der Waals surface area contributed by atoms with E-state index >= 15 is 0 Å². The number of benzene rings is 1. The molecule has 3 heterocycles. The zero-order chi connectivity index (χ0) is 19.0. The van der Waals surface area contributed by atoms with E-state index in [1.165, 1.54) is 6.08 Å². The molecule has 0 saturated carbocycles. The highest BCUT2D eigenvalue weighted by Crippen LogP contribution is 2.25. The van der Waals surface area contributed by atoms with Crippen LogP contribution in [0.25, 0.3) is 17.0 Å². The van der Waals surface area contributed by atoms with Gasteiger partial charge < -0.3 is 9.32 Å².